The van der Waals surface area contributed by atoms with Crippen LogP contribution in [-0.4, -0.2) is 40.2 Å². The van der Waals surface area contributed by atoms with Gasteiger partial charge in [0.25, 0.3) is 10.0 Å². The van der Waals surface area contributed by atoms with Gasteiger partial charge in [0.1, 0.15) is 19.0 Å². The van der Waals surface area contributed by atoms with Gasteiger partial charge in [-0.1, -0.05) is 13.3 Å². The Bertz CT molecular complexity index is 853. The smallest absolute Gasteiger partial charge is 0.262 e. The first kappa shape index (κ1) is 18.3. The van der Waals surface area contributed by atoms with E-state index in [1.54, 1.807) is 18.2 Å². The van der Waals surface area contributed by atoms with Crippen molar-refractivity contribution < 1.29 is 17.9 Å². The third-order valence-corrected chi connectivity index (χ3v) is 5.44. The van der Waals surface area contributed by atoms with E-state index in [0.29, 0.717) is 30.4 Å². The van der Waals surface area contributed by atoms with Crippen molar-refractivity contribution in [3.8, 4) is 11.5 Å². The summed E-state index contributed by atoms with van der Waals surface area (Å²) in [5.41, 5.74) is 0.410. The van der Waals surface area contributed by atoms with Gasteiger partial charge in [0.15, 0.2) is 11.5 Å². The van der Waals surface area contributed by atoms with Crippen LogP contribution in [-0.2, 0) is 10.0 Å². The molecular formula is C18H23N3O4S. The summed E-state index contributed by atoms with van der Waals surface area (Å²) in [6, 6.07) is 8.08. The van der Waals surface area contributed by atoms with E-state index in [1.165, 1.54) is 18.3 Å². The summed E-state index contributed by atoms with van der Waals surface area (Å²) < 4.78 is 38.6. The quantitative estimate of drug-likeness (QED) is 0.799. The fourth-order valence-corrected chi connectivity index (χ4v) is 3.65. The van der Waals surface area contributed by atoms with Crippen LogP contribution in [0, 0.1) is 0 Å². The Hall–Kier alpha value is -2.48. The SMILES string of the molecule is CCCCN(C)c1ccc(NS(=O)(=O)c2ccc3c(c2)OCCO3)cn1. The van der Waals surface area contributed by atoms with E-state index in [9.17, 15) is 8.42 Å². The van der Waals surface area contributed by atoms with Crippen molar-refractivity contribution >= 4 is 21.5 Å². The Labute approximate surface area is 154 Å². The predicted molar refractivity (Wildman–Crippen MR) is 101 cm³/mol. The standard InChI is InChI=1S/C18H23N3O4S/c1-3-4-9-21(2)18-8-5-14(13-19-18)20-26(22,23)15-6-7-16-17(12-15)25-11-10-24-16/h5-8,12-13,20H,3-4,9-11H2,1-2H3. The molecule has 1 aliphatic rings. The predicted octanol–water partition coefficient (Wildman–Crippen LogP) is 2.89. The van der Waals surface area contributed by atoms with Gasteiger partial charge in [0.05, 0.1) is 16.8 Å². The number of ether oxygens (including phenoxy) is 2. The summed E-state index contributed by atoms with van der Waals surface area (Å²) in [5.74, 6) is 1.79. The van der Waals surface area contributed by atoms with Gasteiger partial charge in [0, 0.05) is 19.7 Å². The molecule has 0 saturated carbocycles. The van der Waals surface area contributed by atoms with Crippen LogP contribution in [0.1, 0.15) is 19.8 Å². The molecular weight excluding hydrogens is 354 g/mol. The van der Waals surface area contributed by atoms with Crippen molar-refractivity contribution in [2.24, 2.45) is 0 Å². The van der Waals surface area contributed by atoms with Crippen molar-refractivity contribution in [1.29, 1.82) is 0 Å². The summed E-state index contributed by atoms with van der Waals surface area (Å²) in [7, 11) is -1.76. The van der Waals surface area contributed by atoms with Crippen LogP contribution in [0.15, 0.2) is 41.4 Å². The molecule has 0 bridgehead atoms. The number of aromatic nitrogens is 1. The van der Waals surface area contributed by atoms with Gasteiger partial charge in [-0.15, -0.1) is 0 Å². The largest absolute Gasteiger partial charge is 0.486 e. The molecule has 7 nitrogen and oxygen atoms in total. The number of sulfonamides is 1. The summed E-state index contributed by atoms with van der Waals surface area (Å²) in [6.07, 6.45) is 3.71. The lowest BCUT2D eigenvalue weighted by Crippen LogP contribution is -2.20. The van der Waals surface area contributed by atoms with E-state index < -0.39 is 10.0 Å². The second-order valence-corrected chi connectivity index (χ2v) is 7.77. The zero-order chi connectivity index (χ0) is 18.6. The van der Waals surface area contributed by atoms with Crippen molar-refractivity contribution in [1.82, 2.24) is 4.98 Å². The van der Waals surface area contributed by atoms with Crippen LogP contribution in [0.5, 0.6) is 11.5 Å². The Morgan fingerprint density at radius 3 is 2.62 bits per heavy atom. The molecule has 0 atom stereocenters. The highest BCUT2D eigenvalue weighted by Crippen LogP contribution is 2.32. The van der Waals surface area contributed by atoms with Gasteiger partial charge in [-0.2, -0.15) is 0 Å². The first-order valence-corrected chi connectivity index (χ1v) is 10.1. The number of fused-ring (bicyclic) bond motifs is 1. The fourth-order valence-electron chi connectivity index (χ4n) is 2.59. The number of unbranched alkanes of at least 4 members (excludes halogenated alkanes) is 1. The van der Waals surface area contributed by atoms with E-state index in [4.69, 9.17) is 9.47 Å². The number of pyridine rings is 1. The van der Waals surface area contributed by atoms with E-state index in [2.05, 4.69) is 16.6 Å². The van der Waals surface area contributed by atoms with E-state index >= 15 is 0 Å². The lowest BCUT2D eigenvalue weighted by molar-refractivity contribution is 0.171. The Morgan fingerprint density at radius 1 is 1.15 bits per heavy atom. The van der Waals surface area contributed by atoms with Crippen molar-refractivity contribution in [3.63, 3.8) is 0 Å². The molecule has 1 aromatic heterocycles. The van der Waals surface area contributed by atoms with Crippen LogP contribution in [0.4, 0.5) is 11.5 Å². The van der Waals surface area contributed by atoms with E-state index in [0.717, 1.165) is 25.2 Å². The number of nitrogens with zero attached hydrogens (tertiary/aromatic N) is 2. The highest BCUT2D eigenvalue weighted by molar-refractivity contribution is 7.92. The molecule has 0 radical (unpaired) electrons. The number of rotatable bonds is 7. The monoisotopic (exact) mass is 377 g/mol. The third kappa shape index (κ3) is 4.19. The molecule has 0 unspecified atom stereocenters. The number of hydrogen-bond acceptors (Lipinski definition) is 6. The average Bonchev–Trinajstić information content (AvgIpc) is 2.66. The Morgan fingerprint density at radius 2 is 1.92 bits per heavy atom. The molecule has 26 heavy (non-hydrogen) atoms. The van der Waals surface area contributed by atoms with Crippen molar-refractivity contribution in [3.05, 3.63) is 36.5 Å². The number of anilines is 2. The normalized spacial score (nSPS) is 13.3. The maximum Gasteiger partial charge on any atom is 0.262 e. The number of nitrogens with one attached hydrogen (secondary N) is 1. The zero-order valence-electron chi connectivity index (χ0n) is 14.9. The van der Waals surface area contributed by atoms with Gasteiger partial charge < -0.3 is 14.4 Å². The van der Waals surface area contributed by atoms with E-state index in [1.807, 2.05) is 11.9 Å². The van der Waals surface area contributed by atoms with Crippen LogP contribution in [0.2, 0.25) is 0 Å². The van der Waals surface area contributed by atoms with Crippen LogP contribution in [0.3, 0.4) is 0 Å². The van der Waals surface area contributed by atoms with Gasteiger partial charge >= 0.3 is 0 Å². The van der Waals surface area contributed by atoms with Crippen LogP contribution >= 0.6 is 0 Å². The molecule has 2 heterocycles. The molecule has 8 heteroatoms. The van der Waals surface area contributed by atoms with Crippen molar-refractivity contribution in [2.75, 3.05) is 36.4 Å². The minimum absolute atomic E-state index is 0.117. The highest BCUT2D eigenvalue weighted by atomic mass is 32.2. The summed E-state index contributed by atoms with van der Waals surface area (Å²) in [4.78, 5) is 6.49. The second-order valence-electron chi connectivity index (χ2n) is 6.09. The van der Waals surface area contributed by atoms with Gasteiger partial charge in [-0.3, -0.25) is 4.72 Å². The van der Waals surface area contributed by atoms with Crippen LogP contribution < -0.4 is 19.1 Å². The van der Waals surface area contributed by atoms with Gasteiger partial charge in [-0.25, -0.2) is 13.4 Å². The summed E-state index contributed by atoms with van der Waals surface area (Å²) in [6.45, 7) is 3.91. The highest BCUT2D eigenvalue weighted by Gasteiger charge is 2.19. The molecule has 0 amide bonds. The molecule has 140 valence electrons. The first-order chi connectivity index (χ1) is 12.5. The lowest BCUT2D eigenvalue weighted by Gasteiger charge is -2.19. The fraction of sp³-hybridized carbons (Fsp3) is 0.389. The molecule has 0 saturated heterocycles. The maximum atomic E-state index is 12.6. The number of benzene rings is 1. The molecule has 0 spiro atoms. The molecule has 3 rings (SSSR count). The van der Waals surface area contributed by atoms with Gasteiger partial charge in [0.2, 0.25) is 0 Å². The zero-order valence-corrected chi connectivity index (χ0v) is 15.8. The topological polar surface area (TPSA) is 80.8 Å². The molecule has 0 fully saturated rings. The first-order valence-electron chi connectivity index (χ1n) is 8.59. The minimum Gasteiger partial charge on any atom is -0.486 e. The molecule has 2 aromatic rings. The molecule has 1 aromatic carbocycles. The Kier molecular flexibility index (Phi) is 5.51. The van der Waals surface area contributed by atoms with Crippen LogP contribution in [0.25, 0.3) is 0 Å². The second kappa shape index (κ2) is 7.82. The minimum atomic E-state index is -3.73. The Balaban J connectivity index is 1.73. The van der Waals surface area contributed by atoms with E-state index in [-0.39, 0.29) is 4.90 Å². The molecule has 1 N–H and O–H groups in total. The molecule has 0 aliphatic carbocycles. The maximum absolute atomic E-state index is 12.6. The molecule has 1 aliphatic heterocycles. The van der Waals surface area contributed by atoms with Crippen molar-refractivity contribution in [2.45, 2.75) is 24.7 Å². The summed E-state index contributed by atoms with van der Waals surface area (Å²) in [5, 5.41) is 0. The third-order valence-electron chi connectivity index (χ3n) is 4.06. The average molecular weight is 377 g/mol. The summed E-state index contributed by atoms with van der Waals surface area (Å²) >= 11 is 0. The lowest BCUT2D eigenvalue weighted by atomic mass is 10.3. The number of hydrogen-bond donors (Lipinski definition) is 1. The van der Waals surface area contributed by atoms with Gasteiger partial charge in [-0.05, 0) is 30.7 Å².